The molecule has 3 aliphatic heterocycles. The van der Waals surface area contributed by atoms with Crippen LogP contribution in [0.2, 0.25) is 0 Å². The predicted octanol–water partition coefficient (Wildman–Crippen LogP) is -5.24. The molecule has 3 aliphatic rings. The molecule has 1 amide bonds. The van der Waals surface area contributed by atoms with Crippen LogP contribution in [-0.4, -0.2) is 152 Å². The van der Waals surface area contributed by atoms with E-state index >= 15 is 0 Å². The zero-order chi connectivity index (χ0) is 26.0. The highest BCUT2D eigenvalue weighted by atomic mass is 16.7. The molecule has 200 valence electrons. The Kier molecular flexibility index (Phi) is 9.06. The maximum absolute atomic E-state index is 11.5. The second-order valence-electron chi connectivity index (χ2n) is 8.49. The van der Waals surface area contributed by atoms with Gasteiger partial charge in [-0.15, -0.1) is 5.12 Å². The van der Waals surface area contributed by atoms with E-state index in [1.54, 1.807) is 30.3 Å². The third kappa shape index (κ3) is 5.45. The highest BCUT2D eigenvalue weighted by molar-refractivity contribution is 5.86. The second-order valence-corrected chi connectivity index (χ2v) is 8.49. The quantitative estimate of drug-likeness (QED) is 0.145. The van der Waals surface area contributed by atoms with Crippen LogP contribution in [0.3, 0.4) is 0 Å². The number of aliphatic hydroxyl groups excluding tert-OH is 7. The number of amides is 1. The number of aliphatic hydroxyl groups is 7. The molecule has 15 heteroatoms. The SMILES string of the molecule is C=CC(=O)NCC1=CN(C)N(C2O[C@H](CO)[C@@H](O[C@H]3O[C@H](CO)[C@@H](O)[C@H](O)[C@H]3O)[C@H](O)[C@H]2O)N1C. The van der Waals surface area contributed by atoms with Gasteiger partial charge in [-0.1, -0.05) is 6.58 Å². The van der Waals surface area contributed by atoms with Gasteiger partial charge in [-0.25, -0.2) is 0 Å². The monoisotopic (exact) mass is 506 g/mol. The molecule has 2 fully saturated rings. The molecular weight excluding hydrogens is 472 g/mol. The summed E-state index contributed by atoms with van der Waals surface area (Å²) < 4.78 is 16.7. The van der Waals surface area contributed by atoms with Gasteiger partial charge in [0.25, 0.3) is 0 Å². The Morgan fingerprint density at radius 3 is 2.29 bits per heavy atom. The van der Waals surface area contributed by atoms with E-state index < -0.39 is 74.6 Å². The van der Waals surface area contributed by atoms with Crippen LogP contribution in [0.5, 0.6) is 0 Å². The number of rotatable bonds is 8. The lowest BCUT2D eigenvalue weighted by atomic mass is 9.96. The van der Waals surface area contributed by atoms with Gasteiger partial charge < -0.3 is 55.3 Å². The number of hydrogen-bond donors (Lipinski definition) is 8. The molecule has 2 saturated heterocycles. The summed E-state index contributed by atoms with van der Waals surface area (Å²) >= 11 is 0. The first-order valence-corrected chi connectivity index (χ1v) is 11.0. The first-order chi connectivity index (χ1) is 16.5. The summed E-state index contributed by atoms with van der Waals surface area (Å²) in [6, 6.07) is 0. The maximum Gasteiger partial charge on any atom is 0.243 e. The van der Waals surface area contributed by atoms with E-state index in [1.807, 2.05) is 0 Å². The van der Waals surface area contributed by atoms with E-state index in [1.165, 1.54) is 5.12 Å². The van der Waals surface area contributed by atoms with Gasteiger partial charge in [-0.2, -0.15) is 0 Å². The normalized spacial score (nSPS) is 40.5. The van der Waals surface area contributed by atoms with Crippen molar-refractivity contribution in [1.29, 1.82) is 0 Å². The number of nitrogens with zero attached hydrogens (tertiary/aromatic N) is 3. The predicted molar refractivity (Wildman–Crippen MR) is 115 cm³/mol. The van der Waals surface area contributed by atoms with Crippen LogP contribution in [0.4, 0.5) is 0 Å². The smallest absolute Gasteiger partial charge is 0.243 e. The van der Waals surface area contributed by atoms with Crippen molar-refractivity contribution in [3.8, 4) is 0 Å². The molecule has 3 rings (SSSR count). The summed E-state index contributed by atoms with van der Waals surface area (Å²) in [5.74, 6) is -0.377. The summed E-state index contributed by atoms with van der Waals surface area (Å²) in [5.41, 5.74) is 0.619. The fourth-order valence-corrected chi connectivity index (χ4v) is 4.22. The zero-order valence-corrected chi connectivity index (χ0v) is 19.4. The molecule has 35 heavy (non-hydrogen) atoms. The fourth-order valence-electron chi connectivity index (χ4n) is 4.22. The Hall–Kier alpha value is -1.89. The highest BCUT2D eigenvalue weighted by Gasteiger charge is 2.53. The van der Waals surface area contributed by atoms with Crippen molar-refractivity contribution < 1.29 is 54.8 Å². The minimum Gasteiger partial charge on any atom is -0.394 e. The molecule has 3 heterocycles. The largest absolute Gasteiger partial charge is 0.394 e. The van der Waals surface area contributed by atoms with Crippen molar-refractivity contribution in [2.45, 2.75) is 61.3 Å². The molecule has 0 aromatic rings. The Balaban J connectivity index is 1.72. The summed E-state index contributed by atoms with van der Waals surface area (Å²) in [6.07, 6.45) is -12.2. The summed E-state index contributed by atoms with van der Waals surface area (Å²) in [5, 5.41) is 78.4. The van der Waals surface area contributed by atoms with Crippen LogP contribution >= 0.6 is 0 Å². The van der Waals surface area contributed by atoms with E-state index in [9.17, 15) is 40.5 Å². The molecule has 0 aromatic carbocycles. The van der Waals surface area contributed by atoms with Gasteiger partial charge in [-0.3, -0.25) is 14.8 Å². The maximum atomic E-state index is 11.5. The minimum absolute atomic E-state index is 0.139. The van der Waals surface area contributed by atoms with Crippen LogP contribution in [-0.2, 0) is 19.0 Å². The lowest BCUT2D eigenvalue weighted by Crippen LogP contribution is -2.68. The van der Waals surface area contributed by atoms with Gasteiger partial charge in [0.2, 0.25) is 5.91 Å². The molecule has 0 spiro atoms. The first-order valence-electron chi connectivity index (χ1n) is 11.0. The Morgan fingerprint density at radius 1 is 1.03 bits per heavy atom. The van der Waals surface area contributed by atoms with Crippen LogP contribution in [0, 0.1) is 0 Å². The van der Waals surface area contributed by atoms with Gasteiger partial charge in [0, 0.05) is 20.3 Å². The first kappa shape index (κ1) is 27.7. The van der Waals surface area contributed by atoms with Gasteiger partial charge >= 0.3 is 0 Å². The molecule has 0 aromatic heterocycles. The highest BCUT2D eigenvalue weighted by Crippen LogP contribution is 2.32. The number of hydrogen-bond acceptors (Lipinski definition) is 14. The summed E-state index contributed by atoms with van der Waals surface area (Å²) in [6.45, 7) is 2.19. The third-order valence-corrected chi connectivity index (χ3v) is 6.22. The fraction of sp³-hybridized carbons (Fsp3) is 0.750. The number of carbonyl (C=O) groups excluding carboxylic acids is 1. The minimum atomic E-state index is -1.75. The van der Waals surface area contributed by atoms with E-state index in [0.717, 1.165) is 6.08 Å². The van der Waals surface area contributed by atoms with Crippen LogP contribution < -0.4 is 5.32 Å². The topological polar surface area (TPSA) is 208 Å². The molecule has 10 atom stereocenters. The average molecular weight is 507 g/mol. The van der Waals surface area contributed by atoms with Crippen molar-refractivity contribution in [3.63, 3.8) is 0 Å². The van der Waals surface area contributed by atoms with Crippen LogP contribution in [0.15, 0.2) is 24.6 Å². The van der Waals surface area contributed by atoms with Gasteiger partial charge in [0.15, 0.2) is 12.5 Å². The summed E-state index contributed by atoms with van der Waals surface area (Å²) in [4.78, 5) is 11.5. The van der Waals surface area contributed by atoms with E-state index in [-0.39, 0.29) is 12.5 Å². The molecule has 1 unspecified atom stereocenters. The second kappa shape index (κ2) is 11.4. The van der Waals surface area contributed by atoms with E-state index in [0.29, 0.717) is 5.70 Å². The lowest BCUT2D eigenvalue weighted by molar-refractivity contribution is -0.364. The third-order valence-electron chi connectivity index (χ3n) is 6.22. The molecule has 0 saturated carbocycles. The average Bonchev–Trinajstić information content (AvgIpc) is 3.13. The van der Waals surface area contributed by atoms with Crippen LogP contribution in [0.1, 0.15) is 0 Å². The standard InChI is InChI=1S/C20H34N4O11/c1-4-12(27)21-5-9-6-22(2)24(23(9)3)19-16(31)15(30)18(11(8-26)33-19)35-20-17(32)14(29)13(28)10(7-25)34-20/h4,6,10-11,13-20,25-26,28-32H,1,5,7-8H2,2-3H3,(H,21,27)/t10-,11-,13-,14+,15-,16-,17-,18-,19?,20-/m1/s1. The van der Waals surface area contributed by atoms with Crippen molar-refractivity contribution in [2.75, 3.05) is 33.9 Å². The van der Waals surface area contributed by atoms with E-state index in [4.69, 9.17) is 14.2 Å². The summed E-state index contributed by atoms with van der Waals surface area (Å²) in [7, 11) is 3.29. The van der Waals surface area contributed by atoms with Gasteiger partial charge in [0.1, 0.15) is 48.8 Å². The molecule has 8 N–H and O–H groups in total. The lowest BCUT2D eigenvalue weighted by Gasteiger charge is -2.49. The Morgan fingerprint density at radius 2 is 1.69 bits per heavy atom. The molecule has 0 bridgehead atoms. The van der Waals surface area contributed by atoms with Crippen molar-refractivity contribution in [2.24, 2.45) is 0 Å². The van der Waals surface area contributed by atoms with E-state index in [2.05, 4.69) is 11.9 Å². The molecule has 15 nitrogen and oxygen atoms in total. The number of ether oxygens (including phenoxy) is 3. The van der Waals surface area contributed by atoms with Crippen LogP contribution in [0.25, 0.3) is 0 Å². The van der Waals surface area contributed by atoms with Crippen molar-refractivity contribution in [1.82, 2.24) is 20.5 Å². The van der Waals surface area contributed by atoms with Gasteiger partial charge in [-0.05, 0) is 6.08 Å². The Bertz CT molecular complexity index is 784. The molecular formula is C20H34N4O11. The number of carbonyl (C=O) groups is 1. The zero-order valence-electron chi connectivity index (χ0n) is 19.4. The Labute approximate surface area is 201 Å². The van der Waals surface area contributed by atoms with Gasteiger partial charge in [0.05, 0.1) is 25.5 Å². The number of hydrazine groups is 2. The molecule has 0 aliphatic carbocycles. The van der Waals surface area contributed by atoms with Crippen molar-refractivity contribution in [3.05, 3.63) is 24.6 Å². The van der Waals surface area contributed by atoms with Crippen molar-refractivity contribution >= 4 is 5.91 Å². The number of likely N-dealkylation sites (N-methyl/N-ethyl adjacent to an activating group) is 1. The molecule has 0 radical (unpaired) electrons. The number of nitrogens with one attached hydrogen (secondary N) is 1.